The van der Waals surface area contributed by atoms with Crippen LogP contribution in [0.2, 0.25) is 0 Å². The minimum atomic E-state index is 0.621. The molecule has 0 amide bonds. The van der Waals surface area contributed by atoms with E-state index >= 15 is 0 Å². The van der Waals surface area contributed by atoms with Gasteiger partial charge in [-0.05, 0) is 29.9 Å². The van der Waals surface area contributed by atoms with Crippen molar-refractivity contribution in [2.75, 3.05) is 13.1 Å². The molecule has 1 aliphatic rings. The van der Waals surface area contributed by atoms with Crippen LogP contribution in [0.1, 0.15) is 64.0 Å². The number of hydrogen-bond donors (Lipinski definition) is 1. The zero-order chi connectivity index (χ0) is 15.2. The van der Waals surface area contributed by atoms with Gasteiger partial charge in [0.2, 0.25) is 0 Å². The fourth-order valence-electron chi connectivity index (χ4n) is 3.31. The van der Waals surface area contributed by atoms with Crippen molar-refractivity contribution in [3.63, 3.8) is 0 Å². The molecule has 1 aromatic carbocycles. The van der Waals surface area contributed by atoms with Crippen molar-refractivity contribution in [3.8, 4) is 0 Å². The molecule has 2 atom stereocenters. The second-order valence-electron chi connectivity index (χ2n) is 6.78. The minimum Gasteiger partial charge on any atom is -0.311 e. The quantitative estimate of drug-likeness (QED) is 0.845. The number of nitrogens with one attached hydrogen (secondary N) is 1. The Hall–Kier alpha value is -0.860. The van der Waals surface area contributed by atoms with Crippen LogP contribution in [0.25, 0.3) is 0 Å². The van der Waals surface area contributed by atoms with E-state index in [2.05, 4.69) is 62.2 Å². The Morgan fingerprint density at radius 2 is 1.90 bits per heavy atom. The first-order valence-corrected chi connectivity index (χ1v) is 8.70. The molecule has 2 heteroatoms. The average molecular weight is 288 g/mol. The van der Waals surface area contributed by atoms with Gasteiger partial charge in [0, 0.05) is 31.7 Å². The first-order chi connectivity index (χ1) is 10.1. The highest BCUT2D eigenvalue weighted by Crippen LogP contribution is 2.19. The SMILES string of the molecule is CCCC1CN(Cc2ccc(C(C)C)cc2)C(CC)CN1. The highest BCUT2D eigenvalue weighted by Gasteiger charge is 2.26. The van der Waals surface area contributed by atoms with E-state index in [9.17, 15) is 0 Å². The predicted octanol–water partition coefficient (Wildman–Crippen LogP) is 4.16. The Bertz CT molecular complexity index is 410. The van der Waals surface area contributed by atoms with Crippen LogP contribution in [0.15, 0.2) is 24.3 Å². The van der Waals surface area contributed by atoms with Gasteiger partial charge in [0.05, 0.1) is 0 Å². The van der Waals surface area contributed by atoms with Crippen LogP contribution in [0.5, 0.6) is 0 Å². The summed E-state index contributed by atoms with van der Waals surface area (Å²) in [5.74, 6) is 0.621. The molecule has 0 saturated carbocycles. The van der Waals surface area contributed by atoms with Crippen molar-refractivity contribution in [1.29, 1.82) is 0 Å². The molecule has 0 aromatic heterocycles. The lowest BCUT2D eigenvalue weighted by molar-refractivity contribution is 0.115. The number of piperazine rings is 1. The largest absolute Gasteiger partial charge is 0.311 e. The number of nitrogens with zero attached hydrogens (tertiary/aromatic N) is 1. The fourth-order valence-corrected chi connectivity index (χ4v) is 3.31. The zero-order valence-corrected chi connectivity index (χ0v) is 14.2. The molecule has 2 nitrogen and oxygen atoms in total. The summed E-state index contributed by atoms with van der Waals surface area (Å²) in [7, 11) is 0. The summed E-state index contributed by atoms with van der Waals surface area (Å²) in [4.78, 5) is 2.68. The van der Waals surface area contributed by atoms with Gasteiger partial charge in [-0.25, -0.2) is 0 Å². The van der Waals surface area contributed by atoms with Gasteiger partial charge >= 0.3 is 0 Å². The van der Waals surface area contributed by atoms with Crippen molar-refractivity contribution in [3.05, 3.63) is 35.4 Å². The van der Waals surface area contributed by atoms with Crippen molar-refractivity contribution < 1.29 is 0 Å². The first kappa shape index (κ1) is 16.5. The van der Waals surface area contributed by atoms with E-state index in [1.54, 1.807) is 0 Å². The van der Waals surface area contributed by atoms with Gasteiger partial charge in [-0.3, -0.25) is 4.90 Å². The third kappa shape index (κ3) is 4.55. The third-order valence-corrected chi connectivity index (χ3v) is 4.75. The first-order valence-electron chi connectivity index (χ1n) is 8.70. The smallest absolute Gasteiger partial charge is 0.0237 e. The van der Waals surface area contributed by atoms with Gasteiger partial charge in [-0.1, -0.05) is 58.4 Å². The molecule has 118 valence electrons. The summed E-state index contributed by atoms with van der Waals surface area (Å²) in [6.07, 6.45) is 3.79. The number of hydrogen-bond acceptors (Lipinski definition) is 2. The van der Waals surface area contributed by atoms with Gasteiger partial charge in [0.15, 0.2) is 0 Å². The number of rotatable bonds is 6. The molecule has 21 heavy (non-hydrogen) atoms. The Balaban J connectivity index is 2.00. The Kier molecular flexibility index (Phi) is 6.25. The van der Waals surface area contributed by atoms with Gasteiger partial charge in [-0.15, -0.1) is 0 Å². The summed E-state index contributed by atoms with van der Waals surface area (Å²) in [5.41, 5.74) is 2.89. The summed E-state index contributed by atoms with van der Waals surface area (Å²) in [6.45, 7) is 12.5. The van der Waals surface area contributed by atoms with Gasteiger partial charge in [-0.2, -0.15) is 0 Å². The zero-order valence-electron chi connectivity index (χ0n) is 14.2. The second kappa shape index (κ2) is 7.95. The second-order valence-corrected chi connectivity index (χ2v) is 6.78. The lowest BCUT2D eigenvalue weighted by Crippen LogP contribution is -2.55. The molecule has 1 N–H and O–H groups in total. The molecule has 1 fully saturated rings. The van der Waals surface area contributed by atoms with E-state index in [1.807, 2.05) is 0 Å². The van der Waals surface area contributed by atoms with Crippen LogP contribution < -0.4 is 5.32 Å². The molecule has 1 heterocycles. The highest BCUT2D eigenvalue weighted by molar-refractivity contribution is 5.24. The van der Waals surface area contributed by atoms with Crippen LogP contribution in [-0.4, -0.2) is 30.1 Å². The predicted molar refractivity (Wildman–Crippen MR) is 91.7 cm³/mol. The Labute approximate surface area is 130 Å². The van der Waals surface area contributed by atoms with Crippen LogP contribution in [0.3, 0.4) is 0 Å². The molecule has 2 rings (SSSR count). The molecule has 1 saturated heterocycles. The molecular weight excluding hydrogens is 256 g/mol. The summed E-state index contributed by atoms with van der Waals surface area (Å²) in [6, 6.07) is 10.6. The molecule has 1 aromatic rings. The van der Waals surface area contributed by atoms with Crippen LogP contribution >= 0.6 is 0 Å². The molecule has 1 aliphatic heterocycles. The normalized spacial score (nSPS) is 23.7. The fraction of sp³-hybridized carbons (Fsp3) is 0.684. The molecular formula is C19H32N2. The monoisotopic (exact) mass is 288 g/mol. The average Bonchev–Trinajstić information content (AvgIpc) is 2.48. The Morgan fingerprint density at radius 1 is 1.19 bits per heavy atom. The van der Waals surface area contributed by atoms with Gasteiger partial charge in [0.25, 0.3) is 0 Å². The molecule has 2 unspecified atom stereocenters. The van der Waals surface area contributed by atoms with Crippen LogP contribution in [0, 0.1) is 0 Å². The van der Waals surface area contributed by atoms with Gasteiger partial charge in [0.1, 0.15) is 0 Å². The molecule has 0 aliphatic carbocycles. The maximum atomic E-state index is 3.72. The Morgan fingerprint density at radius 3 is 2.48 bits per heavy atom. The van der Waals surface area contributed by atoms with E-state index in [0.717, 1.165) is 13.1 Å². The van der Waals surface area contributed by atoms with Crippen molar-refractivity contribution >= 4 is 0 Å². The van der Waals surface area contributed by atoms with Crippen molar-refractivity contribution in [1.82, 2.24) is 10.2 Å². The van der Waals surface area contributed by atoms with E-state index < -0.39 is 0 Å². The van der Waals surface area contributed by atoms with Crippen molar-refractivity contribution in [2.45, 2.75) is 71.5 Å². The van der Waals surface area contributed by atoms with Crippen molar-refractivity contribution in [2.24, 2.45) is 0 Å². The highest BCUT2D eigenvalue weighted by atomic mass is 15.2. The standard InChI is InChI=1S/C19H32N2/c1-5-7-18-14-21(19(6-2)12-20-18)13-16-8-10-17(11-9-16)15(3)4/h8-11,15,18-20H,5-7,12-14H2,1-4H3. The minimum absolute atomic E-state index is 0.621. The van der Waals surface area contributed by atoms with Gasteiger partial charge < -0.3 is 5.32 Å². The molecule has 0 bridgehead atoms. The summed E-state index contributed by atoms with van der Waals surface area (Å²) < 4.78 is 0. The van der Waals surface area contributed by atoms with Crippen LogP contribution in [-0.2, 0) is 6.54 Å². The topological polar surface area (TPSA) is 15.3 Å². The number of benzene rings is 1. The third-order valence-electron chi connectivity index (χ3n) is 4.75. The summed E-state index contributed by atoms with van der Waals surface area (Å²) >= 11 is 0. The van der Waals surface area contributed by atoms with E-state index in [4.69, 9.17) is 0 Å². The lowest BCUT2D eigenvalue weighted by atomic mass is 10.00. The maximum absolute atomic E-state index is 3.72. The van der Waals surface area contributed by atoms with E-state index in [0.29, 0.717) is 18.0 Å². The molecule has 0 radical (unpaired) electrons. The van der Waals surface area contributed by atoms with E-state index in [-0.39, 0.29) is 0 Å². The van der Waals surface area contributed by atoms with Crippen LogP contribution in [0.4, 0.5) is 0 Å². The lowest BCUT2D eigenvalue weighted by Gasteiger charge is -2.40. The molecule has 0 spiro atoms. The maximum Gasteiger partial charge on any atom is 0.0237 e. The summed E-state index contributed by atoms with van der Waals surface area (Å²) in [5, 5.41) is 3.72. The van der Waals surface area contributed by atoms with E-state index in [1.165, 1.54) is 36.9 Å².